The molecule has 0 fully saturated rings. The van der Waals surface area contributed by atoms with Gasteiger partial charge in [0.15, 0.2) is 6.10 Å². The van der Waals surface area contributed by atoms with E-state index >= 15 is 0 Å². The van der Waals surface area contributed by atoms with E-state index in [9.17, 15) is 13.2 Å². The number of aliphatic hydroxyl groups excluding tert-OH is 1. The largest absolute Gasteiger partial charge is 0.414 e. The van der Waals surface area contributed by atoms with Crippen LogP contribution >= 0.6 is 11.6 Å². The van der Waals surface area contributed by atoms with Crippen molar-refractivity contribution in [3.05, 3.63) is 16.4 Å². The fourth-order valence-electron chi connectivity index (χ4n) is 1.21. The van der Waals surface area contributed by atoms with Crippen LogP contribution in [0.1, 0.15) is 11.3 Å². The average Bonchev–Trinajstić information content (AvgIpc) is 2.30. The summed E-state index contributed by atoms with van der Waals surface area (Å²) in [5.74, 6) is 0. The van der Waals surface area contributed by atoms with Gasteiger partial charge in [-0.25, -0.2) is 0 Å². The molecular weight excluding hydrogens is 233 g/mol. The Morgan fingerprint density at radius 1 is 1.53 bits per heavy atom. The number of halogens is 4. The van der Waals surface area contributed by atoms with Crippen molar-refractivity contribution >= 4 is 11.6 Å². The first-order chi connectivity index (χ1) is 6.73. The van der Waals surface area contributed by atoms with Crippen LogP contribution in [0.4, 0.5) is 13.2 Å². The van der Waals surface area contributed by atoms with E-state index in [1.54, 1.807) is 6.92 Å². The Labute approximate surface area is 89.5 Å². The number of aliphatic hydroxyl groups is 1. The molecule has 0 spiro atoms. The van der Waals surface area contributed by atoms with Crippen LogP contribution in [0.25, 0.3) is 0 Å². The van der Waals surface area contributed by atoms with Gasteiger partial charge >= 0.3 is 6.18 Å². The van der Waals surface area contributed by atoms with Crippen LogP contribution in [0, 0.1) is 6.92 Å². The quantitative estimate of drug-likeness (QED) is 0.860. The fraction of sp³-hybridized carbons (Fsp3) is 0.625. The molecule has 0 aliphatic rings. The lowest BCUT2D eigenvalue weighted by atomic mass is 10.1. The lowest BCUT2D eigenvalue weighted by Gasteiger charge is -2.13. The number of nitrogens with zero attached hydrogens (tertiary/aromatic N) is 2. The number of hydrogen-bond acceptors (Lipinski definition) is 2. The molecule has 1 N–H and O–H groups in total. The lowest BCUT2D eigenvalue weighted by molar-refractivity contribution is -0.203. The topological polar surface area (TPSA) is 38.0 Å². The highest BCUT2D eigenvalue weighted by Crippen LogP contribution is 2.27. The van der Waals surface area contributed by atoms with Crippen molar-refractivity contribution in [2.45, 2.75) is 25.6 Å². The first-order valence-electron chi connectivity index (χ1n) is 4.16. The van der Waals surface area contributed by atoms with E-state index in [0.717, 1.165) is 0 Å². The van der Waals surface area contributed by atoms with Gasteiger partial charge in [0.05, 0.1) is 5.69 Å². The summed E-state index contributed by atoms with van der Waals surface area (Å²) >= 11 is 5.73. The van der Waals surface area contributed by atoms with Crippen molar-refractivity contribution < 1.29 is 18.3 Å². The Bertz CT molecular complexity index is 362. The summed E-state index contributed by atoms with van der Waals surface area (Å²) < 4.78 is 37.5. The molecular formula is C8H10ClF3N2O. The highest BCUT2D eigenvalue weighted by Gasteiger charge is 2.39. The summed E-state index contributed by atoms with van der Waals surface area (Å²) in [6.07, 6.45) is -7.61. The average molecular weight is 243 g/mol. The molecule has 0 amide bonds. The minimum atomic E-state index is -4.63. The third-order valence-electron chi connectivity index (χ3n) is 2.05. The van der Waals surface area contributed by atoms with Crippen LogP contribution in [-0.2, 0) is 13.5 Å². The Balaban J connectivity index is 2.90. The smallest absolute Gasteiger partial charge is 0.383 e. The van der Waals surface area contributed by atoms with E-state index in [2.05, 4.69) is 5.10 Å². The van der Waals surface area contributed by atoms with Crippen molar-refractivity contribution in [2.24, 2.45) is 7.05 Å². The molecule has 0 saturated carbocycles. The molecule has 1 heterocycles. The molecule has 15 heavy (non-hydrogen) atoms. The van der Waals surface area contributed by atoms with Crippen molar-refractivity contribution in [3.8, 4) is 0 Å². The predicted molar refractivity (Wildman–Crippen MR) is 48.7 cm³/mol. The lowest BCUT2D eigenvalue weighted by Crippen LogP contribution is -2.30. The third-order valence-corrected chi connectivity index (χ3v) is 2.52. The Morgan fingerprint density at radius 3 is 2.40 bits per heavy atom. The molecule has 0 aliphatic carbocycles. The van der Waals surface area contributed by atoms with Gasteiger partial charge in [0.25, 0.3) is 0 Å². The molecule has 0 radical (unpaired) electrons. The van der Waals surface area contributed by atoms with Crippen LogP contribution in [-0.4, -0.2) is 27.2 Å². The molecule has 3 nitrogen and oxygen atoms in total. The maximum absolute atomic E-state index is 12.1. The molecule has 0 bridgehead atoms. The van der Waals surface area contributed by atoms with Crippen LogP contribution < -0.4 is 0 Å². The second-order valence-corrected chi connectivity index (χ2v) is 3.60. The molecule has 86 valence electrons. The van der Waals surface area contributed by atoms with Gasteiger partial charge in [-0.15, -0.1) is 0 Å². The van der Waals surface area contributed by atoms with Crippen LogP contribution in [0.3, 0.4) is 0 Å². The van der Waals surface area contributed by atoms with Gasteiger partial charge in [-0.2, -0.15) is 18.3 Å². The minimum absolute atomic E-state index is 0.121. The van der Waals surface area contributed by atoms with Gasteiger partial charge in [0.2, 0.25) is 0 Å². The number of alkyl halides is 3. The van der Waals surface area contributed by atoms with Crippen LogP contribution in [0.2, 0.25) is 5.15 Å². The van der Waals surface area contributed by atoms with Gasteiger partial charge in [-0.05, 0) is 6.92 Å². The van der Waals surface area contributed by atoms with E-state index in [4.69, 9.17) is 16.7 Å². The summed E-state index contributed by atoms with van der Waals surface area (Å²) in [7, 11) is 1.53. The number of rotatable bonds is 2. The maximum Gasteiger partial charge on any atom is 0.414 e. The van der Waals surface area contributed by atoms with E-state index in [-0.39, 0.29) is 10.7 Å². The number of aryl methyl sites for hydroxylation is 2. The third kappa shape index (κ3) is 2.63. The Kier molecular flexibility index (Phi) is 3.30. The Morgan fingerprint density at radius 2 is 2.07 bits per heavy atom. The summed E-state index contributed by atoms with van der Waals surface area (Å²) in [6.45, 7) is 1.55. The van der Waals surface area contributed by atoms with Gasteiger partial charge < -0.3 is 5.11 Å². The van der Waals surface area contributed by atoms with Gasteiger partial charge in [-0.1, -0.05) is 11.6 Å². The highest BCUT2D eigenvalue weighted by molar-refractivity contribution is 6.30. The van der Waals surface area contributed by atoms with Gasteiger partial charge in [0.1, 0.15) is 5.15 Å². The molecule has 0 aliphatic heterocycles. The molecule has 1 aromatic rings. The number of aromatic nitrogens is 2. The van der Waals surface area contributed by atoms with Gasteiger partial charge in [0, 0.05) is 19.0 Å². The molecule has 1 atom stereocenters. The summed E-state index contributed by atoms with van der Waals surface area (Å²) in [6, 6.07) is 0. The minimum Gasteiger partial charge on any atom is -0.383 e. The summed E-state index contributed by atoms with van der Waals surface area (Å²) in [4.78, 5) is 0. The van der Waals surface area contributed by atoms with Crippen LogP contribution in [0.5, 0.6) is 0 Å². The Hall–Kier alpha value is -0.750. The zero-order valence-electron chi connectivity index (χ0n) is 8.14. The molecule has 7 heteroatoms. The first-order valence-corrected chi connectivity index (χ1v) is 4.54. The van der Waals surface area contributed by atoms with Crippen molar-refractivity contribution in [1.82, 2.24) is 9.78 Å². The molecule has 0 saturated heterocycles. The van der Waals surface area contributed by atoms with Crippen molar-refractivity contribution in [1.29, 1.82) is 0 Å². The second-order valence-electron chi connectivity index (χ2n) is 3.24. The van der Waals surface area contributed by atoms with E-state index in [0.29, 0.717) is 5.69 Å². The van der Waals surface area contributed by atoms with E-state index < -0.39 is 18.7 Å². The van der Waals surface area contributed by atoms with Gasteiger partial charge in [-0.3, -0.25) is 4.68 Å². The molecule has 1 rings (SSSR count). The summed E-state index contributed by atoms with van der Waals surface area (Å²) in [5.41, 5.74) is 0.620. The maximum atomic E-state index is 12.1. The predicted octanol–water partition coefficient (Wildman–Crippen LogP) is 1.85. The van der Waals surface area contributed by atoms with E-state index in [1.165, 1.54) is 11.7 Å². The SMILES string of the molecule is Cc1nn(C)c(Cl)c1C[C@@H](O)C(F)(F)F. The molecule has 0 aromatic carbocycles. The first kappa shape index (κ1) is 12.3. The van der Waals surface area contributed by atoms with Crippen LogP contribution in [0.15, 0.2) is 0 Å². The van der Waals surface area contributed by atoms with E-state index in [1.807, 2.05) is 0 Å². The zero-order chi connectivity index (χ0) is 11.8. The highest BCUT2D eigenvalue weighted by atomic mass is 35.5. The van der Waals surface area contributed by atoms with Crippen molar-refractivity contribution in [3.63, 3.8) is 0 Å². The monoisotopic (exact) mass is 242 g/mol. The summed E-state index contributed by atoms with van der Waals surface area (Å²) in [5, 5.41) is 12.8. The molecule has 0 unspecified atom stereocenters. The fourth-order valence-corrected chi connectivity index (χ4v) is 1.47. The second kappa shape index (κ2) is 4.02. The molecule has 1 aromatic heterocycles. The standard InChI is InChI=1S/C8H10ClF3N2O/c1-4-5(7(9)14(2)13-4)3-6(15)8(10,11)12/h6,15H,3H2,1-2H3/t6-/m1/s1. The number of hydrogen-bond donors (Lipinski definition) is 1. The van der Waals surface area contributed by atoms with Crippen molar-refractivity contribution in [2.75, 3.05) is 0 Å². The zero-order valence-corrected chi connectivity index (χ0v) is 8.89. The normalized spacial score (nSPS) is 14.3.